The van der Waals surface area contributed by atoms with Crippen molar-refractivity contribution < 1.29 is 0 Å². The Hall–Kier alpha value is -1.13. The Morgan fingerprint density at radius 3 is 2.89 bits per heavy atom. The van der Waals surface area contributed by atoms with Gasteiger partial charge in [0.1, 0.15) is 0 Å². The molecule has 1 aromatic carbocycles. The number of nitrogens with zero attached hydrogens (tertiary/aromatic N) is 2. The lowest BCUT2D eigenvalue weighted by molar-refractivity contribution is 0.724. The third kappa shape index (κ3) is 2.22. The van der Waals surface area contributed by atoms with Crippen LogP contribution in [0.3, 0.4) is 0 Å². The summed E-state index contributed by atoms with van der Waals surface area (Å²) in [5.41, 5.74) is 3.84. The number of nitrogens with one attached hydrogen (secondary N) is 1. The van der Waals surface area contributed by atoms with Gasteiger partial charge in [-0.1, -0.05) is 11.3 Å². The molecular formula is C14H19N3S. The van der Waals surface area contributed by atoms with Gasteiger partial charge in [-0.3, -0.25) is 0 Å². The van der Waals surface area contributed by atoms with Crippen LogP contribution in [0.1, 0.15) is 17.5 Å². The maximum absolute atomic E-state index is 4.80. The first kappa shape index (κ1) is 11.9. The molecule has 2 heterocycles. The Morgan fingerprint density at radius 2 is 2.00 bits per heavy atom. The van der Waals surface area contributed by atoms with Gasteiger partial charge >= 0.3 is 0 Å². The van der Waals surface area contributed by atoms with Gasteiger partial charge in [0.05, 0.1) is 10.2 Å². The second kappa shape index (κ2) is 4.86. The molecule has 2 aromatic rings. The number of fused-ring (bicyclic) bond motifs is 1. The Bertz CT molecular complexity index is 514. The van der Waals surface area contributed by atoms with Gasteiger partial charge in [-0.15, -0.1) is 0 Å². The summed E-state index contributed by atoms with van der Waals surface area (Å²) < 4.78 is 1.31. The molecule has 1 aromatic heterocycles. The molecule has 0 bridgehead atoms. The minimum atomic E-state index is 1.06. The van der Waals surface area contributed by atoms with Crippen molar-refractivity contribution in [3.63, 3.8) is 0 Å². The van der Waals surface area contributed by atoms with Crippen molar-refractivity contribution in [2.45, 2.75) is 20.3 Å². The summed E-state index contributed by atoms with van der Waals surface area (Å²) in [7, 11) is 0. The SMILES string of the molecule is Cc1cc2nc(N3CCCNCC3)sc2cc1C. The molecule has 0 amide bonds. The van der Waals surface area contributed by atoms with Gasteiger partial charge in [0.25, 0.3) is 0 Å². The molecule has 96 valence electrons. The molecule has 1 aliphatic heterocycles. The molecule has 0 radical (unpaired) electrons. The quantitative estimate of drug-likeness (QED) is 0.855. The van der Waals surface area contributed by atoms with Crippen LogP contribution in [-0.2, 0) is 0 Å². The van der Waals surface area contributed by atoms with E-state index in [1.807, 2.05) is 11.3 Å². The van der Waals surface area contributed by atoms with Crippen molar-refractivity contribution in [1.82, 2.24) is 10.3 Å². The highest BCUT2D eigenvalue weighted by Crippen LogP contribution is 2.30. The number of anilines is 1. The van der Waals surface area contributed by atoms with Gasteiger partial charge in [0, 0.05) is 19.6 Å². The van der Waals surface area contributed by atoms with Crippen LogP contribution in [0.15, 0.2) is 12.1 Å². The first-order valence-electron chi connectivity index (χ1n) is 6.57. The zero-order valence-electron chi connectivity index (χ0n) is 11.0. The number of hydrogen-bond donors (Lipinski definition) is 1. The van der Waals surface area contributed by atoms with Crippen LogP contribution >= 0.6 is 11.3 Å². The lowest BCUT2D eigenvalue weighted by atomic mass is 10.1. The predicted molar refractivity (Wildman–Crippen MR) is 78.8 cm³/mol. The van der Waals surface area contributed by atoms with Crippen LogP contribution in [0, 0.1) is 13.8 Å². The summed E-state index contributed by atoms with van der Waals surface area (Å²) in [6.45, 7) is 8.70. The van der Waals surface area contributed by atoms with E-state index in [0.29, 0.717) is 0 Å². The molecule has 1 fully saturated rings. The molecule has 0 unspecified atom stereocenters. The molecular weight excluding hydrogens is 242 g/mol. The average Bonchev–Trinajstić information content (AvgIpc) is 2.60. The summed E-state index contributed by atoms with van der Waals surface area (Å²) in [6, 6.07) is 4.47. The van der Waals surface area contributed by atoms with E-state index in [1.165, 1.54) is 27.4 Å². The van der Waals surface area contributed by atoms with Gasteiger partial charge < -0.3 is 10.2 Å². The lowest BCUT2D eigenvalue weighted by Crippen LogP contribution is -2.27. The summed E-state index contributed by atoms with van der Waals surface area (Å²) in [5.74, 6) is 0. The van der Waals surface area contributed by atoms with Gasteiger partial charge in [-0.25, -0.2) is 4.98 Å². The first-order chi connectivity index (χ1) is 8.74. The summed E-state index contributed by atoms with van der Waals surface area (Å²) >= 11 is 1.82. The highest BCUT2D eigenvalue weighted by Gasteiger charge is 2.14. The molecule has 18 heavy (non-hydrogen) atoms. The van der Waals surface area contributed by atoms with Crippen molar-refractivity contribution in [1.29, 1.82) is 0 Å². The van der Waals surface area contributed by atoms with Crippen molar-refractivity contribution >= 4 is 26.7 Å². The Labute approximate surface area is 112 Å². The fraction of sp³-hybridized carbons (Fsp3) is 0.500. The summed E-state index contributed by atoms with van der Waals surface area (Å²) in [6.07, 6.45) is 1.20. The topological polar surface area (TPSA) is 28.2 Å². The fourth-order valence-corrected chi connectivity index (χ4v) is 3.44. The van der Waals surface area contributed by atoms with Crippen LogP contribution < -0.4 is 10.2 Å². The summed E-state index contributed by atoms with van der Waals surface area (Å²) in [4.78, 5) is 7.21. The Morgan fingerprint density at radius 1 is 1.17 bits per heavy atom. The molecule has 1 N–H and O–H groups in total. The van der Waals surface area contributed by atoms with Crippen LogP contribution in [0.2, 0.25) is 0 Å². The van der Waals surface area contributed by atoms with Gasteiger partial charge in [-0.2, -0.15) is 0 Å². The number of thiazole rings is 1. The van der Waals surface area contributed by atoms with E-state index in [-0.39, 0.29) is 0 Å². The van der Waals surface area contributed by atoms with Gasteiger partial charge in [0.15, 0.2) is 5.13 Å². The second-order valence-corrected chi connectivity index (χ2v) is 6.00. The predicted octanol–water partition coefficient (Wildman–Crippen LogP) is 2.71. The molecule has 4 heteroatoms. The third-order valence-electron chi connectivity index (χ3n) is 3.60. The largest absolute Gasteiger partial charge is 0.347 e. The smallest absolute Gasteiger partial charge is 0.186 e. The zero-order chi connectivity index (χ0) is 12.5. The van der Waals surface area contributed by atoms with E-state index in [4.69, 9.17) is 4.98 Å². The van der Waals surface area contributed by atoms with Crippen LogP contribution in [-0.4, -0.2) is 31.2 Å². The second-order valence-electron chi connectivity index (χ2n) is 4.99. The van der Waals surface area contributed by atoms with Gasteiger partial charge in [0.2, 0.25) is 0 Å². The maximum Gasteiger partial charge on any atom is 0.186 e. The van der Waals surface area contributed by atoms with E-state index < -0.39 is 0 Å². The number of rotatable bonds is 1. The van der Waals surface area contributed by atoms with Crippen molar-refractivity contribution in [2.24, 2.45) is 0 Å². The normalized spacial score (nSPS) is 17.1. The van der Waals surface area contributed by atoms with Crippen molar-refractivity contribution in [3.05, 3.63) is 23.3 Å². The summed E-state index contributed by atoms with van der Waals surface area (Å²) in [5, 5.41) is 4.61. The van der Waals surface area contributed by atoms with Gasteiger partial charge in [-0.05, 0) is 50.1 Å². The number of aryl methyl sites for hydroxylation is 2. The Kier molecular flexibility index (Phi) is 3.22. The van der Waals surface area contributed by atoms with Crippen LogP contribution in [0.25, 0.3) is 10.2 Å². The van der Waals surface area contributed by atoms with E-state index in [1.54, 1.807) is 0 Å². The number of aromatic nitrogens is 1. The molecule has 0 atom stereocenters. The number of benzene rings is 1. The molecule has 1 aliphatic rings. The molecule has 1 saturated heterocycles. The molecule has 0 saturated carbocycles. The molecule has 3 nitrogen and oxygen atoms in total. The standard InChI is InChI=1S/C14H19N3S/c1-10-8-12-13(9-11(10)2)18-14(16-12)17-6-3-4-15-5-7-17/h8-9,15H,3-7H2,1-2H3. The average molecular weight is 261 g/mol. The van der Waals surface area contributed by atoms with E-state index in [0.717, 1.165) is 31.7 Å². The number of hydrogen-bond acceptors (Lipinski definition) is 4. The molecule has 0 spiro atoms. The van der Waals surface area contributed by atoms with E-state index in [9.17, 15) is 0 Å². The minimum Gasteiger partial charge on any atom is -0.347 e. The van der Waals surface area contributed by atoms with Crippen molar-refractivity contribution in [2.75, 3.05) is 31.1 Å². The van der Waals surface area contributed by atoms with E-state index in [2.05, 4.69) is 36.2 Å². The zero-order valence-corrected chi connectivity index (χ0v) is 11.8. The molecule has 3 rings (SSSR count). The fourth-order valence-electron chi connectivity index (χ4n) is 2.34. The van der Waals surface area contributed by atoms with Crippen LogP contribution in [0.4, 0.5) is 5.13 Å². The maximum atomic E-state index is 4.80. The monoisotopic (exact) mass is 261 g/mol. The minimum absolute atomic E-state index is 1.06. The van der Waals surface area contributed by atoms with Crippen molar-refractivity contribution in [3.8, 4) is 0 Å². The highest BCUT2D eigenvalue weighted by atomic mass is 32.1. The van der Waals surface area contributed by atoms with E-state index >= 15 is 0 Å². The van der Waals surface area contributed by atoms with Crippen LogP contribution in [0.5, 0.6) is 0 Å². The third-order valence-corrected chi connectivity index (χ3v) is 4.68. The highest BCUT2D eigenvalue weighted by molar-refractivity contribution is 7.22. The lowest BCUT2D eigenvalue weighted by Gasteiger charge is -2.17. The first-order valence-corrected chi connectivity index (χ1v) is 7.39. The molecule has 0 aliphatic carbocycles. The Balaban J connectivity index is 1.96.